The van der Waals surface area contributed by atoms with Crippen LogP contribution in [-0.4, -0.2) is 23.5 Å². The SMILES string of the molecule is CCCc1ccc(C#N)c(SCc2oc3ccc(OC(C)=O)cc3c2C(=O)OCC)n1. The van der Waals surface area contributed by atoms with Crippen molar-refractivity contribution in [2.45, 2.75) is 44.4 Å². The van der Waals surface area contributed by atoms with Crippen molar-refractivity contribution in [3.63, 3.8) is 0 Å². The predicted octanol–water partition coefficient (Wildman–Crippen LogP) is 5.05. The average Bonchev–Trinajstić information content (AvgIpc) is 3.10. The number of aryl methyl sites for hydroxylation is 1. The van der Waals surface area contributed by atoms with E-state index in [0.717, 1.165) is 18.5 Å². The van der Waals surface area contributed by atoms with Crippen LogP contribution in [0.2, 0.25) is 0 Å². The van der Waals surface area contributed by atoms with E-state index in [1.165, 1.54) is 18.7 Å². The average molecular weight is 439 g/mol. The quantitative estimate of drug-likeness (QED) is 0.274. The summed E-state index contributed by atoms with van der Waals surface area (Å²) in [7, 11) is 0. The molecule has 7 nitrogen and oxygen atoms in total. The molecule has 31 heavy (non-hydrogen) atoms. The highest BCUT2D eigenvalue weighted by molar-refractivity contribution is 7.98. The lowest BCUT2D eigenvalue weighted by Gasteiger charge is -2.06. The molecule has 1 aromatic carbocycles. The number of aromatic nitrogens is 1. The van der Waals surface area contributed by atoms with Gasteiger partial charge in [0.25, 0.3) is 0 Å². The number of carbonyl (C=O) groups is 2. The summed E-state index contributed by atoms with van der Waals surface area (Å²) < 4.78 is 16.3. The third-order valence-electron chi connectivity index (χ3n) is 4.36. The summed E-state index contributed by atoms with van der Waals surface area (Å²) in [4.78, 5) is 28.6. The molecule has 0 aliphatic rings. The number of carbonyl (C=O) groups excluding carboxylic acids is 2. The lowest BCUT2D eigenvalue weighted by atomic mass is 10.1. The first-order valence-corrected chi connectivity index (χ1v) is 10.9. The van der Waals surface area contributed by atoms with Gasteiger partial charge in [0.2, 0.25) is 0 Å². The Morgan fingerprint density at radius 2 is 2.03 bits per heavy atom. The normalized spacial score (nSPS) is 10.6. The maximum atomic E-state index is 12.7. The van der Waals surface area contributed by atoms with E-state index in [9.17, 15) is 14.9 Å². The van der Waals surface area contributed by atoms with Crippen molar-refractivity contribution in [2.24, 2.45) is 0 Å². The molecule has 2 aromatic heterocycles. The van der Waals surface area contributed by atoms with Crippen LogP contribution in [-0.2, 0) is 21.7 Å². The molecular formula is C23H22N2O5S. The smallest absolute Gasteiger partial charge is 0.342 e. The Kier molecular flexibility index (Phi) is 7.32. The number of rotatable bonds is 8. The third kappa shape index (κ3) is 5.25. The fourth-order valence-corrected chi connectivity index (χ4v) is 4.01. The number of nitriles is 1. The highest BCUT2D eigenvalue weighted by Gasteiger charge is 2.23. The molecule has 2 heterocycles. The van der Waals surface area contributed by atoms with Crippen molar-refractivity contribution in [3.05, 3.63) is 52.9 Å². The molecule has 3 rings (SSSR count). The van der Waals surface area contributed by atoms with Gasteiger partial charge in [-0.2, -0.15) is 5.26 Å². The molecule has 8 heteroatoms. The highest BCUT2D eigenvalue weighted by atomic mass is 32.2. The minimum Gasteiger partial charge on any atom is -0.462 e. The number of hydrogen-bond donors (Lipinski definition) is 0. The first-order chi connectivity index (χ1) is 15.0. The van der Waals surface area contributed by atoms with E-state index in [0.29, 0.717) is 33.1 Å². The van der Waals surface area contributed by atoms with Crippen molar-refractivity contribution in [1.82, 2.24) is 4.98 Å². The van der Waals surface area contributed by atoms with Crippen LogP contribution >= 0.6 is 11.8 Å². The molecule has 0 fully saturated rings. The zero-order valence-corrected chi connectivity index (χ0v) is 18.4. The maximum absolute atomic E-state index is 12.7. The summed E-state index contributed by atoms with van der Waals surface area (Å²) in [5.74, 6) is 0.0165. The number of benzene rings is 1. The van der Waals surface area contributed by atoms with Crippen LogP contribution in [0.15, 0.2) is 39.8 Å². The monoisotopic (exact) mass is 438 g/mol. The Morgan fingerprint density at radius 3 is 2.71 bits per heavy atom. The number of esters is 2. The van der Waals surface area contributed by atoms with Gasteiger partial charge < -0.3 is 13.9 Å². The number of hydrogen-bond acceptors (Lipinski definition) is 8. The van der Waals surface area contributed by atoms with Gasteiger partial charge in [0.15, 0.2) is 0 Å². The minimum atomic E-state index is -0.523. The van der Waals surface area contributed by atoms with Crippen LogP contribution in [0, 0.1) is 11.3 Å². The Labute approximate surface area is 184 Å². The van der Waals surface area contributed by atoms with E-state index < -0.39 is 11.9 Å². The summed E-state index contributed by atoms with van der Waals surface area (Å²) in [5.41, 5.74) is 2.13. The van der Waals surface area contributed by atoms with E-state index in [4.69, 9.17) is 13.9 Å². The van der Waals surface area contributed by atoms with Gasteiger partial charge in [-0.25, -0.2) is 9.78 Å². The fraction of sp³-hybridized carbons (Fsp3) is 0.304. The molecule has 3 aromatic rings. The Balaban J connectivity index is 1.99. The minimum absolute atomic E-state index is 0.209. The number of pyridine rings is 1. The van der Waals surface area contributed by atoms with Gasteiger partial charge in [-0.15, -0.1) is 0 Å². The molecule has 0 aliphatic carbocycles. The summed E-state index contributed by atoms with van der Waals surface area (Å²) in [5, 5.41) is 10.5. The molecule has 0 atom stereocenters. The van der Waals surface area contributed by atoms with Gasteiger partial charge in [-0.05, 0) is 43.7 Å². The van der Waals surface area contributed by atoms with Crippen molar-refractivity contribution in [2.75, 3.05) is 6.61 Å². The molecule has 0 aliphatic heterocycles. The molecule has 0 radical (unpaired) electrons. The van der Waals surface area contributed by atoms with Crippen LogP contribution < -0.4 is 4.74 Å². The predicted molar refractivity (Wildman–Crippen MR) is 116 cm³/mol. The van der Waals surface area contributed by atoms with E-state index in [-0.39, 0.29) is 17.9 Å². The number of nitrogens with zero attached hydrogens (tertiary/aromatic N) is 2. The van der Waals surface area contributed by atoms with Crippen LogP contribution in [0.4, 0.5) is 0 Å². The van der Waals surface area contributed by atoms with Crippen LogP contribution in [0.1, 0.15) is 54.6 Å². The number of ether oxygens (including phenoxy) is 2. The Morgan fingerprint density at radius 1 is 1.23 bits per heavy atom. The second-order valence-electron chi connectivity index (χ2n) is 6.68. The largest absolute Gasteiger partial charge is 0.462 e. The summed E-state index contributed by atoms with van der Waals surface area (Å²) >= 11 is 1.32. The second-order valence-corrected chi connectivity index (χ2v) is 7.64. The molecule has 0 bridgehead atoms. The zero-order chi connectivity index (χ0) is 22.4. The lowest BCUT2D eigenvalue weighted by Crippen LogP contribution is -2.06. The first kappa shape index (κ1) is 22.4. The van der Waals surface area contributed by atoms with Crippen molar-refractivity contribution in [3.8, 4) is 11.8 Å². The van der Waals surface area contributed by atoms with Gasteiger partial charge in [-0.3, -0.25) is 4.79 Å². The van der Waals surface area contributed by atoms with E-state index in [2.05, 4.69) is 18.0 Å². The Bertz CT molecular complexity index is 1160. The van der Waals surface area contributed by atoms with Gasteiger partial charge >= 0.3 is 11.9 Å². The summed E-state index contributed by atoms with van der Waals surface area (Å²) in [6, 6.07) is 10.6. The molecular weight excluding hydrogens is 416 g/mol. The summed E-state index contributed by atoms with van der Waals surface area (Å²) in [6.07, 6.45) is 1.77. The topological polar surface area (TPSA) is 102 Å². The zero-order valence-electron chi connectivity index (χ0n) is 17.6. The molecule has 0 N–H and O–H groups in total. The molecule has 0 spiro atoms. The molecule has 160 valence electrons. The standard InChI is InChI=1S/C23H22N2O5S/c1-4-6-16-8-7-15(12-24)22(25-16)31-13-20-21(23(27)28-5-2)18-11-17(29-14(3)26)9-10-19(18)30-20/h7-11H,4-6,13H2,1-3H3. The lowest BCUT2D eigenvalue weighted by molar-refractivity contribution is -0.131. The molecule has 0 saturated carbocycles. The van der Waals surface area contributed by atoms with Gasteiger partial charge in [0.05, 0.1) is 17.9 Å². The van der Waals surface area contributed by atoms with Gasteiger partial charge in [0, 0.05) is 18.0 Å². The van der Waals surface area contributed by atoms with Crippen LogP contribution in [0.3, 0.4) is 0 Å². The second kappa shape index (κ2) is 10.1. The maximum Gasteiger partial charge on any atom is 0.342 e. The van der Waals surface area contributed by atoms with Crippen LogP contribution in [0.5, 0.6) is 5.75 Å². The van der Waals surface area contributed by atoms with Crippen molar-refractivity contribution >= 4 is 34.7 Å². The number of thioether (sulfide) groups is 1. The Hall–Kier alpha value is -3.31. The summed E-state index contributed by atoms with van der Waals surface area (Å²) in [6.45, 7) is 5.30. The molecule has 0 unspecified atom stereocenters. The third-order valence-corrected chi connectivity index (χ3v) is 5.35. The highest BCUT2D eigenvalue weighted by Crippen LogP contribution is 2.34. The van der Waals surface area contributed by atoms with E-state index in [1.54, 1.807) is 31.2 Å². The van der Waals surface area contributed by atoms with E-state index in [1.807, 2.05) is 6.07 Å². The van der Waals surface area contributed by atoms with Crippen molar-refractivity contribution in [1.29, 1.82) is 5.26 Å². The van der Waals surface area contributed by atoms with Gasteiger partial charge in [0.1, 0.15) is 33.8 Å². The fourth-order valence-electron chi connectivity index (χ4n) is 3.09. The molecule has 0 amide bonds. The first-order valence-electron chi connectivity index (χ1n) is 9.90. The number of fused-ring (bicyclic) bond motifs is 1. The van der Waals surface area contributed by atoms with Gasteiger partial charge in [-0.1, -0.05) is 25.1 Å². The number of furan rings is 1. The van der Waals surface area contributed by atoms with Crippen molar-refractivity contribution < 1.29 is 23.5 Å². The molecule has 0 saturated heterocycles. The van der Waals surface area contributed by atoms with Crippen LogP contribution in [0.25, 0.3) is 11.0 Å². The van der Waals surface area contributed by atoms with E-state index >= 15 is 0 Å².